The molecule has 1 aliphatic heterocycles. The number of ether oxygens (including phenoxy) is 1. The minimum atomic E-state index is 0.429. The van der Waals surface area contributed by atoms with Crippen molar-refractivity contribution in [3.63, 3.8) is 0 Å². The predicted octanol–water partition coefficient (Wildman–Crippen LogP) is 3.59. The molecule has 0 saturated carbocycles. The van der Waals surface area contributed by atoms with Crippen molar-refractivity contribution in [2.75, 3.05) is 13.2 Å². The zero-order chi connectivity index (χ0) is 11.2. The molecule has 88 valence electrons. The maximum Gasteiger partial charge on any atom is 0.0643 e. The molecule has 2 nitrogen and oxygen atoms in total. The number of aryl methyl sites for hydroxylation is 1. The number of hydrogen-bond acceptors (Lipinski definition) is 3. The molecule has 0 spiro atoms. The molecule has 0 N–H and O–H groups in total. The average molecular weight is 238 g/mol. The van der Waals surface area contributed by atoms with E-state index in [1.807, 2.05) is 0 Å². The largest absolute Gasteiger partial charge is 0.378 e. The van der Waals surface area contributed by atoms with Gasteiger partial charge in [0.05, 0.1) is 12.7 Å². The van der Waals surface area contributed by atoms with Gasteiger partial charge in [0.15, 0.2) is 0 Å². The first kappa shape index (κ1) is 12.0. The molecule has 0 aromatic heterocycles. The van der Waals surface area contributed by atoms with Gasteiger partial charge < -0.3 is 8.92 Å². The van der Waals surface area contributed by atoms with Gasteiger partial charge in [-0.05, 0) is 38.3 Å². The van der Waals surface area contributed by atoms with Crippen molar-refractivity contribution in [2.24, 2.45) is 0 Å². The Morgan fingerprint density at radius 2 is 2.19 bits per heavy atom. The average Bonchev–Trinajstić information content (AvgIpc) is 2.80. The summed E-state index contributed by atoms with van der Waals surface area (Å²) in [5, 5.41) is 0. The lowest BCUT2D eigenvalue weighted by molar-refractivity contribution is 0.0932. The second-order valence-electron chi connectivity index (χ2n) is 4.14. The van der Waals surface area contributed by atoms with Crippen LogP contribution in [0.25, 0.3) is 0 Å². The van der Waals surface area contributed by atoms with Gasteiger partial charge in [-0.3, -0.25) is 0 Å². The minimum Gasteiger partial charge on any atom is -0.378 e. The van der Waals surface area contributed by atoms with E-state index in [2.05, 4.69) is 31.2 Å². The van der Waals surface area contributed by atoms with Gasteiger partial charge >= 0.3 is 0 Å². The Balaban J connectivity index is 1.62. The van der Waals surface area contributed by atoms with E-state index in [0.29, 0.717) is 6.10 Å². The van der Waals surface area contributed by atoms with Crippen molar-refractivity contribution in [3.05, 3.63) is 29.8 Å². The van der Waals surface area contributed by atoms with E-state index in [4.69, 9.17) is 8.92 Å². The highest BCUT2D eigenvalue weighted by atomic mass is 32.2. The highest BCUT2D eigenvalue weighted by Crippen LogP contribution is 2.21. The van der Waals surface area contributed by atoms with Crippen LogP contribution in [-0.4, -0.2) is 19.3 Å². The first-order valence-electron chi connectivity index (χ1n) is 5.82. The molecule has 0 amide bonds. The van der Waals surface area contributed by atoms with Gasteiger partial charge in [0.2, 0.25) is 0 Å². The Hall–Kier alpha value is -0.510. The van der Waals surface area contributed by atoms with Crippen LogP contribution in [-0.2, 0) is 8.92 Å². The Morgan fingerprint density at radius 1 is 1.38 bits per heavy atom. The highest BCUT2D eigenvalue weighted by Gasteiger charge is 2.14. The summed E-state index contributed by atoms with van der Waals surface area (Å²) in [6, 6.07) is 8.38. The number of hydrogen-bond donors (Lipinski definition) is 0. The molecule has 0 radical (unpaired) electrons. The molecule has 0 aliphatic carbocycles. The number of benzene rings is 1. The Bertz CT molecular complexity index is 304. The van der Waals surface area contributed by atoms with E-state index in [1.165, 1.54) is 30.4 Å². The van der Waals surface area contributed by atoms with E-state index in [0.717, 1.165) is 24.5 Å². The van der Waals surface area contributed by atoms with Crippen molar-refractivity contribution < 1.29 is 8.92 Å². The molecule has 1 atom stereocenters. The summed E-state index contributed by atoms with van der Waals surface area (Å²) in [5.74, 6) is 0. The molecule has 1 unspecified atom stereocenters. The molecule has 1 fully saturated rings. The van der Waals surface area contributed by atoms with Crippen LogP contribution in [0.1, 0.15) is 24.8 Å². The number of rotatable bonds is 5. The fourth-order valence-electron chi connectivity index (χ4n) is 1.76. The summed E-state index contributed by atoms with van der Waals surface area (Å²) in [5.41, 5.74) is 1.28. The van der Waals surface area contributed by atoms with E-state index >= 15 is 0 Å². The summed E-state index contributed by atoms with van der Waals surface area (Å²) in [6.45, 7) is 3.78. The van der Waals surface area contributed by atoms with Crippen LogP contribution in [0.4, 0.5) is 0 Å². The van der Waals surface area contributed by atoms with E-state index in [-0.39, 0.29) is 0 Å². The summed E-state index contributed by atoms with van der Waals surface area (Å²) >= 11 is 1.46. The monoisotopic (exact) mass is 238 g/mol. The standard InChI is InChI=1S/C13H18O2S/c1-11-4-6-13(7-5-11)16-15-10-8-12-3-2-9-14-12/h4-7,12H,2-3,8-10H2,1H3. The second-order valence-corrected chi connectivity index (χ2v) is 5.02. The summed E-state index contributed by atoms with van der Waals surface area (Å²) in [7, 11) is 0. The van der Waals surface area contributed by atoms with Crippen molar-refractivity contribution >= 4 is 12.0 Å². The fourth-order valence-corrected chi connectivity index (χ4v) is 2.32. The SMILES string of the molecule is Cc1ccc(SOCCC2CCCO2)cc1. The van der Waals surface area contributed by atoms with Crippen LogP contribution < -0.4 is 0 Å². The maximum atomic E-state index is 5.56. The smallest absolute Gasteiger partial charge is 0.0643 e. The molecule has 1 heterocycles. The third-order valence-electron chi connectivity index (χ3n) is 2.72. The molecule has 16 heavy (non-hydrogen) atoms. The van der Waals surface area contributed by atoms with Crippen molar-refractivity contribution in [1.29, 1.82) is 0 Å². The molecule has 1 saturated heterocycles. The molecule has 0 bridgehead atoms. The van der Waals surface area contributed by atoms with Crippen LogP contribution >= 0.6 is 12.0 Å². The first-order chi connectivity index (χ1) is 7.84. The van der Waals surface area contributed by atoms with Crippen LogP contribution in [0.15, 0.2) is 29.2 Å². The summed E-state index contributed by atoms with van der Waals surface area (Å²) in [6.07, 6.45) is 3.84. The second kappa shape index (κ2) is 6.28. The lowest BCUT2D eigenvalue weighted by Crippen LogP contribution is -2.07. The highest BCUT2D eigenvalue weighted by molar-refractivity contribution is 7.94. The van der Waals surface area contributed by atoms with Gasteiger partial charge in [-0.2, -0.15) is 0 Å². The fraction of sp³-hybridized carbons (Fsp3) is 0.538. The van der Waals surface area contributed by atoms with Crippen molar-refractivity contribution in [1.82, 2.24) is 0 Å². The topological polar surface area (TPSA) is 18.5 Å². The Labute approximate surface area is 102 Å². The van der Waals surface area contributed by atoms with Crippen LogP contribution in [0.2, 0.25) is 0 Å². The van der Waals surface area contributed by atoms with Crippen molar-refractivity contribution in [2.45, 2.75) is 37.2 Å². The maximum absolute atomic E-state index is 5.56. The van der Waals surface area contributed by atoms with Gasteiger partial charge in [-0.1, -0.05) is 17.7 Å². The zero-order valence-corrected chi connectivity index (χ0v) is 10.5. The zero-order valence-electron chi connectivity index (χ0n) is 9.65. The van der Waals surface area contributed by atoms with E-state index in [9.17, 15) is 0 Å². The van der Waals surface area contributed by atoms with E-state index in [1.54, 1.807) is 0 Å². The molecular weight excluding hydrogens is 220 g/mol. The van der Waals surface area contributed by atoms with Gasteiger partial charge in [-0.15, -0.1) is 0 Å². The Kier molecular flexibility index (Phi) is 4.69. The minimum absolute atomic E-state index is 0.429. The van der Waals surface area contributed by atoms with Gasteiger partial charge in [0.1, 0.15) is 0 Å². The molecule has 1 aromatic carbocycles. The van der Waals surface area contributed by atoms with Gasteiger partial charge in [-0.25, -0.2) is 0 Å². The third kappa shape index (κ3) is 3.81. The van der Waals surface area contributed by atoms with Gasteiger partial charge in [0.25, 0.3) is 0 Å². The van der Waals surface area contributed by atoms with Crippen LogP contribution in [0, 0.1) is 6.92 Å². The lowest BCUT2D eigenvalue weighted by Gasteiger charge is -2.08. The predicted molar refractivity (Wildman–Crippen MR) is 66.6 cm³/mol. The first-order valence-corrected chi connectivity index (χ1v) is 6.56. The van der Waals surface area contributed by atoms with E-state index < -0.39 is 0 Å². The van der Waals surface area contributed by atoms with Crippen LogP contribution in [0.5, 0.6) is 0 Å². The quantitative estimate of drug-likeness (QED) is 0.577. The van der Waals surface area contributed by atoms with Crippen LogP contribution in [0.3, 0.4) is 0 Å². The van der Waals surface area contributed by atoms with Gasteiger partial charge in [0, 0.05) is 23.5 Å². The molecule has 2 rings (SSSR count). The molecule has 3 heteroatoms. The Morgan fingerprint density at radius 3 is 2.88 bits per heavy atom. The summed E-state index contributed by atoms with van der Waals surface area (Å²) < 4.78 is 11.1. The van der Waals surface area contributed by atoms with Crippen molar-refractivity contribution in [3.8, 4) is 0 Å². The molecule has 1 aromatic rings. The third-order valence-corrected chi connectivity index (χ3v) is 3.47. The molecule has 1 aliphatic rings. The normalized spacial score (nSPS) is 20.2. The molecular formula is C13H18O2S. The lowest BCUT2D eigenvalue weighted by atomic mass is 10.2. The summed E-state index contributed by atoms with van der Waals surface area (Å²) in [4.78, 5) is 1.16.